The van der Waals surface area contributed by atoms with E-state index in [-0.39, 0.29) is 18.9 Å². The third-order valence-corrected chi connectivity index (χ3v) is 2.13. The number of amides is 1. The highest BCUT2D eigenvalue weighted by molar-refractivity contribution is 5.73. The van der Waals surface area contributed by atoms with Crippen LogP contribution < -0.4 is 5.32 Å². The highest BCUT2D eigenvalue weighted by Crippen LogP contribution is 2.18. The number of nitrogens with one attached hydrogen (secondary N) is 1. The first-order chi connectivity index (χ1) is 6.54. The van der Waals surface area contributed by atoms with Crippen LogP contribution in [-0.2, 0) is 9.53 Å². The van der Waals surface area contributed by atoms with E-state index >= 15 is 0 Å². The lowest BCUT2D eigenvalue weighted by Gasteiger charge is -2.36. The van der Waals surface area contributed by atoms with Gasteiger partial charge in [0, 0.05) is 13.3 Å². The molecule has 0 radical (unpaired) electrons. The van der Waals surface area contributed by atoms with Gasteiger partial charge >= 0.3 is 0 Å². The van der Waals surface area contributed by atoms with Crippen molar-refractivity contribution in [2.24, 2.45) is 0 Å². The standard InChI is InChI=1S/C8H15NO5/c1-4(11)9-7-6(12)2-5(3-10)14-8(7)13/h5-8,10,12-13H,2-3H2,1H3,(H,9,11)/t5-,6-,7+,8+/m0/s1. The third kappa shape index (κ3) is 2.65. The van der Waals surface area contributed by atoms with Crippen molar-refractivity contribution >= 4 is 5.91 Å². The molecular formula is C8H15NO5. The van der Waals surface area contributed by atoms with Gasteiger partial charge in [0.15, 0.2) is 6.29 Å². The Morgan fingerprint density at radius 2 is 2.21 bits per heavy atom. The molecule has 1 amide bonds. The molecular weight excluding hydrogens is 190 g/mol. The van der Waals surface area contributed by atoms with Crippen molar-refractivity contribution in [3.05, 3.63) is 0 Å². The van der Waals surface area contributed by atoms with Crippen LogP contribution in [0.5, 0.6) is 0 Å². The summed E-state index contributed by atoms with van der Waals surface area (Å²) in [6.07, 6.45) is -2.57. The maximum Gasteiger partial charge on any atom is 0.217 e. The van der Waals surface area contributed by atoms with Crippen LogP contribution in [-0.4, -0.2) is 52.4 Å². The molecule has 1 rings (SSSR count). The zero-order valence-electron chi connectivity index (χ0n) is 7.88. The predicted octanol–water partition coefficient (Wildman–Crippen LogP) is -2.05. The number of carbonyl (C=O) groups is 1. The third-order valence-electron chi connectivity index (χ3n) is 2.13. The van der Waals surface area contributed by atoms with Crippen molar-refractivity contribution in [3.8, 4) is 0 Å². The molecule has 4 atom stereocenters. The summed E-state index contributed by atoms with van der Waals surface area (Å²) < 4.78 is 4.95. The number of ether oxygens (including phenoxy) is 1. The van der Waals surface area contributed by atoms with Crippen molar-refractivity contribution in [2.75, 3.05) is 6.61 Å². The van der Waals surface area contributed by atoms with Gasteiger partial charge in [0.1, 0.15) is 6.04 Å². The van der Waals surface area contributed by atoms with Gasteiger partial charge in [-0.3, -0.25) is 4.79 Å². The molecule has 82 valence electrons. The Balaban J connectivity index is 2.55. The molecule has 0 saturated carbocycles. The molecule has 1 fully saturated rings. The van der Waals surface area contributed by atoms with Crippen molar-refractivity contribution < 1.29 is 24.9 Å². The molecule has 6 heteroatoms. The molecule has 0 unspecified atom stereocenters. The summed E-state index contributed by atoms with van der Waals surface area (Å²) in [6, 6.07) is -0.824. The smallest absolute Gasteiger partial charge is 0.217 e. The molecule has 0 aliphatic carbocycles. The quantitative estimate of drug-likeness (QED) is 0.416. The number of rotatable bonds is 2. The van der Waals surface area contributed by atoms with Gasteiger partial charge in [-0.1, -0.05) is 0 Å². The summed E-state index contributed by atoms with van der Waals surface area (Å²) in [5.41, 5.74) is 0. The van der Waals surface area contributed by atoms with E-state index in [0.717, 1.165) is 0 Å². The molecule has 1 aliphatic heterocycles. The molecule has 0 aromatic heterocycles. The second-order valence-corrected chi connectivity index (χ2v) is 3.36. The van der Waals surface area contributed by atoms with E-state index in [1.807, 2.05) is 0 Å². The van der Waals surface area contributed by atoms with E-state index < -0.39 is 24.5 Å². The fourth-order valence-corrected chi connectivity index (χ4v) is 1.46. The van der Waals surface area contributed by atoms with E-state index in [1.54, 1.807) is 0 Å². The SMILES string of the molecule is CC(=O)N[C@H]1[C@H](O)O[C@H](CO)C[C@@H]1O. The van der Waals surface area contributed by atoms with E-state index in [1.165, 1.54) is 6.92 Å². The monoisotopic (exact) mass is 205 g/mol. The lowest BCUT2D eigenvalue weighted by Crippen LogP contribution is -2.57. The average Bonchev–Trinajstić information content (AvgIpc) is 2.10. The van der Waals surface area contributed by atoms with Crippen LogP contribution in [0.15, 0.2) is 0 Å². The Kier molecular flexibility index (Phi) is 3.82. The fraction of sp³-hybridized carbons (Fsp3) is 0.875. The Morgan fingerprint density at radius 1 is 1.57 bits per heavy atom. The van der Waals surface area contributed by atoms with Crippen LogP contribution in [0.2, 0.25) is 0 Å². The zero-order chi connectivity index (χ0) is 10.7. The molecule has 1 heterocycles. The maximum atomic E-state index is 10.7. The number of aliphatic hydroxyl groups excluding tert-OH is 3. The minimum Gasteiger partial charge on any atom is -0.394 e. The second-order valence-electron chi connectivity index (χ2n) is 3.36. The molecule has 0 aromatic carbocycles. The summed E-state index contributed by atoms with van der Waals surface area (Å²) in [5.74, 6) is -0.348. The molecule has 1 saturated heterocycles. The lowest BCUT2D eigenvalue weighted by atomic mass is 10.0. The van der Waals surface area contributed by atoms with E-state index in [9.17, 15) is 15.0 Å². The lowest BCUT2D eigenvalue weighted by molar-refractivity contribution is -0.214. The minimum absolute atomic E-state index is 0.193. The van der Waals surface area contributed by atoms with E-state index in [4.69, 9.17) is 9.84 Å². The van der Waals surface area contributed by atoms with E-state index in [2.05, 4.69) is 5.32 Å². The summed E-state index contributed by atoms with van der Waals surface area (Å²) in [6.45, 7) is 1.03. The first kappa shape index (κ1) is 11.4. The highest BCUT2D eigenvalue weighted by Gasteiger charge is 2.36. The summed E-state index contributed by atoms with van der Waals surface area (Å²) in [4.78, 5) is 10.7. The number of hydrogen-bond acceptors (Lipinski definition) is 5. The van der Waals surface area contributed by atoms with Crippen LogP contribution in [0, 0.1) is 0 Å². The zero-order valence-corrected chi connectivity index (χ0v) is 7.88. The largest absolute Gasteiger partial charge is 0.394 e. The normalized spacial score (nSPS) is 38.0. The van der Waals surface area contributed by atoms with Gasteiger partial charge in [-0.15, -0.1) is 0 Å². The Bertz CT molecular complexity index is 198. The summed E-state index contributed by atoms with van der Waals surface area (Å²) in [5, 5.41) is 30.0. The van der Waals surface area contributed by atoms with Crippen LogP contribution in [0.3, 0.4) is 0 Å². The molecule has 4 N–H and O–H groups in total. The Hall–Kier alpha value is -0.690. The number of aliphatic hydroxyl groups is 3. The Morgan fingerprint density at radius 3 is 2.64 bits per heavy atom. The van der Waals surface area contributed by atoms with Crippen molar-refractivity contribution in [1.82, 2.24) is 5.32 Å². The van der Waals surface area contributed by atoms with Gasteiger partial charge in [-0.2, -0.15) is 0 Å². The summed E-state index contributed by atoms with van der Waals surface area (Å²) in [7, 11) is 0. The van der Waals surface area contributed by atoms with Gasteiger partial charge in [0.05, 0.1) is 18.8 Å². The van der Waals surface area contributed by atoms with Gasteiger partial charge in [-0.25, -0.2) is 0 Å². The average molecular weight is 205 g/mol. The van der Waals surface area contributed by atoms with Gasteiger partial charge in [0.2, 0.25) is 5.91 Å². The molecule has 0 spiro atoms. The Labute approximate surface area is 81.5 Å². The topological polar surface area (TPSA) is 99.0 Å². The molecule has 0 aromatic rings. The highest BCUT2D eigenvalue weighted by atomic mass is 16.6. The predicted molar refractivity (Wildman–Crippen MR) is 46.2 cm³/mol. The van der Waals surface area contributed by atoms with Gasteiger partial charge in [-0.05, 0) is 0 Å². The van der Waals surface area contributed by atoms with Crippen molar-refractivity contribution in [1.29, 1.82) is 0 Å². The van der Waals surface area contributed by atoms with Crippen LogP contribution in [0.4, 0.5) is 0 Å². The fourth-order valence-electron chi connectivity index (χ4n) is 1.46. The van der Waals surface area contributed by atoms with Crippen LogP contribution in [0.25, 0.3) is 0 Å². The minimum atomic E-state index is -1.28. The number of carbonyl (C=O) groups excluding carboxylic acids is 1. The molecule has 1 aliphatic rings. The first-order valence-corrected chi connectivity index (χ1v) is 4.44. The molecule has 0 bridgehead atoms. The number of hydrogen-bond donors (Lipinski definition) is 4. The summed E-state index contributed by atoms with van der Waals surface area (Å²) >= 11 is 0. The first-order valence-electron chi connectivity index (χ1n) is 4.44. The van der Waals surface area contributed by atoms with Crippen LogP contribution in [0.1, 0.15) is 13.3 Å². The second kappa shape index (κ2) is 4.70. The van der Waals surface area contributed by atoms with E-state index in [0.29, 0.717) is 0 Å². The van der Waals surface area contributed by atoms with Crippen molar-refractivity contribution in [2.45, 2.75) is 37.9 Å². The maximum absolute atomic E-state index is 10.7. The molecule has 14 heavy (non-hydrogen) atoms. The van der Waals surface area contributed by atoms with Gasteiger partial charge in [0.25, 0.3) is 0 Å². The van der Waals surface area contributed by atoms with Crippen molar-refractivity contribution in [3.63, 3.8) is 0 Å². The van der Waals surface area contributed by atoms with Gasteiger partial charge < -0.3 is 25.4 Å². The molecule has 6 nitrogen and oxygen atoms in total. The van der Waals surface area contributed by atoms with Crippen LogP contribution >= 0.6 is 0 Å².